The summed E-state index contributed by atoms with van der Waals surface area (Å²) in [6.45, 7) is 11.8. The predicted octanol–water partition coefficient (Wildman–Crippen LogP) is 3.80. The molecule has 0 unspecified atom stereocenters. The van der Waals surface area contributed by atoms with Gasteiger partial charge in [-0.15, -0.1) is 24.0 Å². The van der Waals surface area contributed by atoms with Crippen LogP contribution in [0.15, 0.2) is 53.7 Å². The minimum Gasteiger partial charge on any atom is -0.357 e. The quantitative estimate of drug-likeness (QED) is 0.325. The molecule has 27 heavy (non-hydrogen) atoms. The van der Waals surface area contributed by atoms with E-state index in [-0.39, 0.29) is 24.0 Å². The van der Waals surface area contributed by atoms with Gasteiger partial charge in [-0.1, -0.05) is 44.2 Å². The Kier molecular flexibility index (Phi) is 11.7. The fraction of sp³-hybridized carbons (Fsp3) is 0.429. The molecule has 148 valence electrons. The minimum absolute atomic E-state index is 0. The van der Waals surface area contributed by atoms with Crippen LogP contribution in [-0.2, 0) is 19.6 Å². The van der Waals surface area contributed by atoms with Crippen molar-refractivity contribution >= 4 is 29.9 Å². The fourth-order valence-electron chi connectivity index (χ4n) is 2.72. The molecule has 1 aromatic heterocycles. The molecule has 0 saturated carbocycles. The van der Waals surface area contributed by atoms with E-state index >= 15 is 0 Å². The topological polar surface area (TPSA) is 52.6 Å². The van der Waals surface area contributed by atoms with Crippen molar-refractivity contribution in [3.63, 3.8) is 0 Å². The highest BCUT2D eigenvalue weighted by Gasteiger charge is 2.03. The number of guanidine groups is 1. The highest BCUT2D eigenvalue weighted by Crippen LogP contribution is 2.09. The number of hydrogen-bond acceptors (Lipinski definition) is 3. The number of hydrogen-bond donors (Lipinski definition) is 2. The molecule has 2 aromatic rings. The van der Waals surface area contributed by atoms with Gasteiger partial charge in [-0.2, -0.15) is 0 Å². The van der Waals surface area contributed by atoms with Crippen LogP contribution in [0.1, 0.15) is 37.6 Å². The number of halogens is 1. The molecule has 1 aromatic carbocycles. The highest BCUT2D eigenvalue weighted by atomic mass is 127. The van der Waals surface area contributed by atoms with Gasteiger partial charge in [0.05, 0.1) is 18.8 Å². The first kappa shape index (κ1) is 23.4. The van der Waals surface area contributed by atoms with Gasteiger partial charge in [-0.05, 0) is 43.3 Å². The molecule has 0 bridgehead atoms. The summed E-state index contributed by atoms with van der Waals surface area (Å²) in [6.07, 6.45) is 1.81. The Bertz CT molecular complexity index is 671. The van der Waals surface area contributed by atoms with E-state index in [4.69, 9.17) is 4.99 Å². The molecule has 0 aliphatic rings. The smallest absolute Gasteiger partial charge is 0.191 e. The summed E-state index contributed by atoms with van der Waals surface area (Å²) in [5, 5.41) is 6.63. The SMILES string of the molecule is CCNC(=NCc1cccc(CN(CC)CC)c1)NCc1ccccn1.I. The molecule has 0 aliphatic heterocycles. The second kappa shape index (κ2) is 13.5. The van der Waals surface area contributed by atoms with E-state index in [0.717, 1.165) is 37.8 Å². The molecule has 2 N–H and O–H groups in total. The number of pyridine rings is 1. The third-order valence-electron chi connectivity index (χ3n) is 4.22. The predicted molar refractivity (Wildman–Crippen MR) is 124 cm³/mol. The first-order valence-electron chi connectivity index (χ1n) is 9.47. The van der Waals surface area contributed by atoms with Crippen molar-refractivity contribution in [3.8, 4) is 0 Å². The van der Waals surface area contributed by atoms with Gasteiger partial charge >= 0.3 is 0 Å². The number of nitrogens with zero attached hydrogens (tertiary/aromatic N) is 3. The van der Waals surface area contributed by atoms with Crippen LogP contribution in [0.2, 0.25) is 0 Å². The van der Waals surface area contributed by atoms with Gasteiger partial charge in [0.25, 0.3) is 0 Å². The summed E-state index contributed by atoms with van der Waals surface area (Å²) in [5.41, 5.74) is 3.57. The summed E-state index contributed by atoms with van der Waals surface area (Å²) in [5.74, 6) is 0.812. The Hall–Kier alpha value is -1.67. The molecule has 2 rings (SSSR count). The van der Waals surface area contributed by atoms with Crippen molar-refractivity contribution in [3.05, 3.63) is 65.5 Å². The molecular weight excluding hydrogens is 449 g/mol. The lowest BCUT2D eigenvalue weighted by Crippen LogP contribution is -2.37. The van der Waals surface area contributed by atoms with Crippen molar-refractivity contribution < 1.29 is 0 Å². The van der Waals surface area contributed by atoms with Crippen LogP contribution in [0.3, 0.4) is 0 Å². The molecule has 1 heterocycles. The summed E-state index contributed by atoms with van der Waals surface area (Å²) in [7, 11) is 0. The van der Waals surface area contributed by atoms with E-state index in [1.54, 1.807) is 0 Å². The normalized spacial score (nSPS) is 11.2. The van der Waals surface area contributed by atoms with Gasteiger partial charge in [0, 0.05) is 19.3 Å². The van der Waals surface area contributed by atoms with E-state index in [2.05, 4.69) is 65.6 Å². The van der Waals surface area contributed by atoms with Crippen molar-refractivity contribution in [1.29, 1.82) is 0 Å². The van der Waals surface area contributed by atoms with Gasteiger partial charge in [0.2, 0.25) is 0 Å². The molecule has 5 nitrogen and oxygen atoms in total. The average Bonchev–Trinajstić information content (AvgIpc) is 2.69. The fourth-order valence-corrected chi connectivity index (χ4v) is 2.72. The molecule has 0 radical (unpaired) electrons. The Morgan fingerprint density at radius 2 is 1.78 bits per heavy atom. The lowest BCUT2D eigenvalue weighted by atomic mass is 10.1. The monoisotopic (exact) mass is 481 g/mol. The Morgan fingerprint density at radius 3 is 2.44 bits per heavy atom. The summed E-state index contributed by atoms with van der Waals surface area (Å²) >= 11 is 0. The largest absolute Gasteiger partial charge is 0.357 e. The Labute approximate surface area is 180 Å². The standard InChI is InChI=1S/C21H31N5.HI/c1-4-22-21(25-16-20-12-7-8-13-23-20)24-15-18-10-9-11-19(14-18)17-26(5-2)6-3;/h7-14H,4-6,15-17H2,1-3H3,(H2,22,24,25);1H. The van der Waals surface area contributed by atoms with Gasteiger partial charge in [0.15, 0.2) is 5.96 Å². The summed E-state index contributed by atoms with van der Waals surface area (Å²) in [6, 6.07) is 14.6. The summed E-state index contributed by atoms with van der Waals surface area (Å²) < 4.78 is 0. The lowest BCUT2D eigenvalue weighted by molar-refractivity contribution is 0.296. The van der Waals surface area contributed by atoms with Crippen molar-refractivity contribution in [2.75, 3.05) is 19.6 Å². The van der Waals surface area contributed by atoms with Gasteiger partial charge in [-0.3, -0.25) is 9.88 Å². The lowest BCUT2D eigenvalue weighted by Gasteiger charge is -2.18. The van der Waals surface area contributed by atoms with E-state index in [0.29, 0.717) is 13.1 Å². The molecule has 0 aliphatic carbocycles. The molecule has 6 heteroatoms. The van der Waals surface area contributed by atoms with Crippen molar-refractivity contribution in [2.45, 2.75) is 40.4 Å². The Morgan fingerprint density at radius 1 is 1.00 bits per heavy atom. The molecule has 0 fully saturated rings. The third kappa shape index (κ3) is 8.71. The zero-order valence-corrected chi connectivity index (χ0v) is 18.9. The van der Waals surface area contributed by atoms with Gasteiger partial charge in [0.1, 0.15) is 0 Å². The zero-order chi connectivity index (χ0) is 18.6. The van der Waals surface area contributed by atoms with Crippen LogP contribution in [0, 0.1) is 0 Å². The van der Waals surface area contributed by atoms with Crippen molar-refractivity contribution in [2.24, 2.45) is 4.99 Å². The molecule has 0 atom stereocenters. The molecule has 0 saturated heterocycles. The number of rotatable bonds is 9. The Balaban J connectivity index is 0.00000364. The maximum Gasteiger partial charge on any atom is 0.191 e. The molecule has 0 amide bonds. The minimum atomic E-state index is 0. The van der Waals surface area contributed by atoms with Gasteiger partial charge < -0.3 is 10.6 Å². The average molecular weight is 481 g/mol. The summed E-state index contributed by atoms with van der Waals surface area (Å²) in [4.78, 5) is 11.5. The van der Waals surface area contributed by atoms with E-state index in [9.17, 15) is 0 Å². The number of nitrogens with one attached hydrogen (secondary N) is 2. The van der Waals surface area contributed by atoms with Crippen LogP contribution in [0.4, 0.5) is 0 Å². The van der Waals surface area contributed by atoms with Crippen LogP contribution in [0.25, 0.3) is 0 Å². The van der Waals surface area contributed by atoms with Crippen LogP contribution < -0.4 is 10.6 Å². The third-order valence-corrected chi connectivity index (χ3v) is 4.22. The van der Waals surface area contributed by atoms with Gasteiger partial charge in [-0.25, -0.2) is 4.99 Å². The van der Waals surface area contributed by atoms with Crippen LogP contribution in [0.5, 0.6) is 0 Å². The second-order valence-corrected chi connectivity index (χ2v) is 6.15. The second-order valence-electron chi connectivity index (χ2n) is 6.15. The first-order valence-corrected chi connectivity index (χ1v) is 9.47. The number of benzene rings is 1. The van der Waals surface area contributed by atoms with Crippen LogP contribution >= 0.6 is 24.0 Å². The number of aliphatic imine (C=N–C) groups is 1. The molecule has 0 spiro atoms. The first-order chi connectivity index (χ1) is 12.7. The highest BCUT2D eigenvalue weighted by molar-refractivity contribution is 14.0. The van der Waals surface area contributed by atoms with E-state index < -0.39 is 0 Å². The van der Waals surface area contributed by atoms with E-state index in [1.165, 1.54) is 11.1 Å². The van der Waals surface area contributed by atoms with Crippen LogP contribution in [-0.4, -0.2) is 35.5 Å². The number of aromatic nitrogens is 1. The molecular formula is C21H32IN5. The van der Waals surface area contributed by atoms with E-state index in [1.807, 2.05) is 24.4 Å². The zero-order valence-electron chi connectivity index (χ0n) is 16.6. The maximum atomic E-state index is 4.71. The van der Waals surface area contributed by atoms with Crippen molar-refractivity contribution in [1.82, 2.24) is 20.5 Å². The maximum absolute atomic E-state index is 4.71.